The molecule has 1 fully saturated rings. The number of thiophene rings is 2. The van der Waals surface area contributed by atoms with Gasteiger partial charge in [-0.3, -0.25) is 9.59 Å². The van der Waals surface area contributed by atoms with Gasteiger partial charge in [0.1, 0.15) is 0 Å². The summed E-state index contributed by atoms with van der Waals surface area (Å²) < 4.78 is 3.63. The van der Waals surface area contributed by atoms with Crippen molar-refractivity contribution < 1.29 is 9.59 Å². The van der Waals surface area contributed by atoms with Crippen molar-refractivity contribution in [1.29, 1.82) is 0 Å². The highest BCUT2D eigenvalue weighted by molar-refractivity contribution is 7.33. The quantitative estimate of drug-likeness (QED) is 0.774. The number of likely N-dealkylation sites (tertiary alicyclic amines) is 1. The van der Waals surface area contributed by atoms with Crippen LogP contribution in [0.3, 0.4) is 0 Å². The smallest absolute Gasteiger partial charge is 0.263 e. The zero-order valence-electron chi connectivity index (χ0n) is 12.5. The molecule has 1 aromatic carbocycles. The standard InChI is InChI=1S/C17H16N2O2S2/c18-16(20)10-5-7-19(8-6-10)17(21)14-9-13-15(23-14)11-3-1-2-4-12(11)22-13/h1-4,9-10H,5-8H2,(H2,18,20). The van der Waals surface area contributed by atoms with Crippen LogP contribution < -0.4 is 5.73 Å². The Bertz CT molecular complexity index is 904. The molecule has 0 spiro atoms. The van der Waals surface area contributed by atoms with Crippen LogP contribution in [0.1, 0.15) is 22.5 Å². The van der Waals surface area contributed by atoms with Gasteiger partial charge in [-0.15, -0.1) is 22.7 Å². The maximum absolute atomic E-state index is 12.7. The Morgan fingerprint density at radius 1 is 1.09 bits per heavy atom. The third-order valence-electron chi connectivity index (χ3n) is 4.44. The number of amides is 2. The molecule has 1 aliphatic rings. The summed E-state index contributed by atoms with van der Waals surface area (Å²) in [5.41, 5.74) is 5.35. The molecule has 23 heavy (non-hydrogen) atoms. The number of piperidine rings is 1. The summed E-state index contributed by atoms with van der Waals surface area (Å²) >= 11 is 3.30. The molecule has 3 heterocycles. The molecule has 2 aromatic heterocycles. The average Bonchev–Trinajstić information content (AvgIpc) is 3.12. The maximum Gasteiger partial charge on any atom is 0.263 e. The molecule has 2 amide bonds. The number of benzene rings is 1. The van der Waals surface area contributed by atoms with E-state index in [-0.39, 0.29) is 17.7 Å². The van der Waals surface area contributed by atoms with Crippen molar-refractivity contribution in [1.82, 2.24) is 4.90 Å². The zero-order valence-corrected chi connectivity index (χ0v) is 14.1. The second-order valence-electron chi connectivity index (χ2n) is 5.87. The second-order valence-corrected chi connectivity index (χ2v) is 8.01. The fourth-order valence-corrected chi connectivity index (χ4v) is 5.62. The van der Waals surface area contributed by atoms with Gasteiger partial charge in [0.2, 0.25) is 5.91 Å². The Hall–Kier alpha value is -1.92. The van der Waals surface area contributed by atoms with Crippen LogP contribution in [0.15, 0.2) is 30.3 Å². The molecule has 0 bridgehead atoms. The zero-order chi connectivity index (χ0) is 16.0. The van der Waals surface area contributed by atoms with E-state index in [1.165, 1.54) is 19.5 Å². The monoisotopic (exact) mass is 344 g/mol. The fourth-order valence-electron chi connectivity index (χ4n) is 3.13. The molecule has 6 heteroatoms. The van der Waals surface area contributed by atoms with Crippen molar-refractivity contribution >= 4 is 54.0 Å². The van der Waals surface area contributed by atoms with E-state index >= 15 is 0 Å². The Morgan fingerprint density at radius 2 is 1.83 bits per heavy atom. The van der Waals surface area contributed by atoms with E-state index in [2.05, 4.69) is 12.1 Å². The summed E-state index contributed by atoms with van der Waals surface area (Å²) in [4.78, 5) is 26.6. The predicted molar refractivity (Wildman–Crippen MR) is 95.0 cm³/mol. The summed E-state index contributed by atoms with van der Waals surface area (Å²) in [6, 6.07) is 10.3. The van der Waals surface area contributed by atoms with Gasteiger partial charge in [-0.05, 0) is 25.0 Å². The van der Waals surface area contributed by atoms with Gasteiger partial charge in [0.05, 0.1) is 9.58 Å². The lowest BCUT2D eigenvalue weighted by Gasteiger charge is -2.30. The molecule has 0 radical (unpaired) electrons. The highest BCUT2D eigenvalue weighted by Crippen LogP contribution is 2.39. The Kier molecular flexibility index (Phi) is 3.58. The summed E-state index contributed by atoms with van der Waals surface area (Å²) in [6.45, 7) is 1.22. The molecule has 1 aliphatic heterocycles. The lowest BCUT2D eigenvalue weighted by atomic mass is 9.96. The largest absolute Gasteiger partial charge is 0.369 e. The number of primary amides is 1. The maximum atomic E-state index is 12.7. The van der Waals surface area contributed by atoms with Crippen LogP contribution in [0.4, 0.5) is 0 Å². The number of rotatable bonds is 2. The summed E-state index contributed by atoms with van der Waals surface area (Å²) in [5, 5.41) is 1.23. The van der Waals surface area contributed by atoms with E-state index in [9.17, 15) is 9.59 Å². The number of hydrogen-bond acceptors (Lipinski definition) is 4. The van der Waals surface area contributed by atoms with Gasteiger partial charge >= 0.3 is 0 Å². The molecule has 0 saturated carbocycles. The molecular weight excluding hydrogens is 328 g/mol. The molecule has 0 aliphatic carbocycles. The van der Waals surface area contributed by atoms with E-state index in [1.807, 2.05) is 23.1 Å². The molecule has 118 valence electrons. The van der Waals surface area contributed by atoms with Crippen LogP contribution in [0, 0.1) is 5.92 Å². The van der Waals surface area contributed by atoms with Gasteiger partial charge < -0.3 is 10.6 Å². The summed E-state index contributed by atoms with van der Waals surface area (Å²) in [5.74, 6) is -0.263. The van der Waals surface area contributed by atoms with Gasteiger partial charge in [0.15, 0.2) is 0 Å². The first-order valence-corrected chi connectivity index (χ1v) is 9.26. The Morgan fingerprint density at radius 3 is 2.57 bits per heavy atom. The number of fused-ring (bicyclic) bond motifs is 3. The first kappa shape index (κ1) is 14.7. The van der Waals surface area contributed by atoms with E-state index in [1.54, 1.807) is 22.7 Å². The molecular formula is C17H16N2O2S2. The van der Waals surface area contributed by atoms with Crippen LogP contribution in [0.5, 0.6) is 0 Å². The van der Waals surface area contributed by atoms with Gasteiger partial charge in [-0.2, -0.15) is 0 Å². The van der Waals surface area contributed by atoms with E-state index in [0.717, 1.165) is 4.88 Å². The van der Waals surface area contributed by atoms with Gasteiger partial charge in [0, 0.05) is 33.8 Å². The van der Waals surface area contributed by atoms with Crippen LogP contribution in [0.2, 0.25) is 0 Å². The SMILES string of the molecule is NC(=O)C1CCN(C(=O)c2cc3sc4ccccc4c3s2)CC1. The van der Waals surface area contributed by atoms with Crippen molar-refractivity contribution in [2.75, 3.05) is 13.1 Å². The molecule has 2 N–H and O–H groups in total. The highest BCUT2D eigenvalue weighted by atomic mass is 32.1. The topological polar surface area (TPSA) is 63.4 Å². The van der Waals surface area contributed by atoms with E-state index < -0.39 is 0 Å². The molecule has 4 nitrogen and oxygen atoms in total. The summed E-state index contributed by atoms with van der Waals surface area (Å²) in [6.07, 6.45) is 1.34. The van der Waals surface area contributed by atoms with Gasteiger partial charge in [-0.1, -0.05) is 18.2 Å². The minimum atomic E-state index is -0.250. The fraction of sp³-hybridized carbons (Fsp3) is 0.294. The normalized spacial score (nSPS) is 16.3. The van der Waals surface area contributed by atoms with Gasteiger partial charge in [-0.25, -0.2) is 0 Å². The minimum absolute atomic E-state index is 0.0744. The lowest BCUT2D eigenvalue weighted by Crippen LogP contribution is -2.41. The van der Waals surface area contributed by atoms with Crippen molar-refractivity contribution in [2.24, 2.45) is 11.7 Å². The van der Waals surface area contributed by atoms with E-state index in [4.69, 9.17) is 5.73 Å². The van der Waals surface area contributed by atoms with Crippen molar-refractivity contribution in [3.63, 3.8) is 0 Å². The average molecular weight is 344 g/mol. The van der Waals surface area contributed by atoms with Gasteiger partial charge in [0.25, 0.3) is 5.91 Å². The van der Waals surface area contributed by atoms with Crippen LogP contribution in [-0.4, -0.2) is 29.8 Å². The molecule has 3 aromatic rings. The van der Waals surface area contributed by atoms with Crippen LogP contribution in [0.25, 0.3) is 19.5 Å². The first-order chi connectivity index (χ1) is 11.1. The molecule has 0 atom stereocenters. The van der Waals surface area contributed by atoms with Crippen molar-refractivity contribution in [3.05, 3.63) is 35.2 Å². The van der Waals surface area contributed by atoms with Crippen LogP contribution >= 0.6 is 22.7 Å². The molecule has 0 unspecified atom stereocenters. The minimum Gasteiger partial charge on any atom is -0.369 e. The number of nitrogens with zero attached hydrogens (tertiary/aromatic N) is 1. The van der Waals surface area contributed by atoms with Crippen LogP contribution in [-0.2, 0) is 4.79 Å². The Balaban J connectivity index is 1.59. The number of carbonyl (C=O) groups excluding carboxylic acids is 2. The third-order valence-corrected chi connectivity index (χ3v) is 6.85. The highest BCUT2D eigenvalue weighted by Gasteiger charge is 2.27. The number of nitrogens with two attached hydrogens (primary N) is 1. The number of carbonyl (C=O) groups is 2. The first-order valence-electron chi connectivity index (χ1n) is 7.63. The molecule has 1 saturated heterocycles. The Labute approximate surface area is 141 Å². The third kappa shape index (κ3) is 2.52. The van der Waals surface area contributed by atoms with Crippen molar-refractivity contribution in [2.45, 2.75) is 12.8 Å². The van der Waals surface area contributed by atoms with Crippen molar-refractivity contribution in [3.8, 4) is 0 Å². The number of hydrogen-bond donors (Lipinski definition) is 1. The van der Waals surface area contributed by atoms with E-state index in [0.29, 0.717) is 25.9 Å². The lowest BCUT2D eigenvalue weighted by molar-refractivity contribution is -0.123. The molecule has 4 rings (SSSR count). The summed E-state index contributed by atoms with van der Waals surface area (Å²) in [7, 11) is 0. The predicted octanol–water partition coefficient (Wildman–Crippen LogP) is 3.45. The second kappa shape index (κ2) is 5.62.